The maximum Gasteiger partial charge on any atom is 0.264 e. The first-order valence-corrected chi connectivity index (χ1v) is 9.26. The highest BCUT2D eigenvalue weighted by Gasteiger charge is 2.13. The van der Waals surface area contributed by atoms with Crippen LogP contribution in [0.5, 0.6) is 5.75 Å². The summed E-state index contributed by atoms with van der Waals surface area (Å²) in [5.74, 6) is 6.70. The highest BCUT2D eigenvalue weighted by Crippen LogP contribution is 2.24. The van der Waals surface area contributed by atoms with Gasteiger partial charge in [-0.1, -0.05) is 54.2 Å². The van der Waals surface area contributed by atoms with Gasteiger partial charge in [0.1, 0.15) is 5.75 Å². The Morgan fingerprint density at radius 2 is 1.96 bits per heavy atom. The largest absolute Gasteiger partial charge is 0.495 e. The molecule has 3 rings (SSSR count). The van der Waals surface area contributed by atoms with Crippen molar-refractivity contribution in [2.45, 2.75) is 5.16 Å². The molecule has 0 aliphatic heterocycles. The quantitative estimate of drug-likeness (QED) is 0.231. The lowest BCUT2D eigenvalue weighted by Crippen LogP contribution is -2.17. The molecule has 0 radical (unpaired) electrons. The third-order valence-electron chi connectivity index (χ3n) is 3.56. The summed E-state index contributed by atoms with van der Waals surface area (Å²) in [6.45, 7) is 0. The number of aromatic nitrogens is 3. The lowest BCUT2D eigenvalue weighted by atomic mass is 10.2. The fourth-order valence-corrected chi connectivity index (χ4v) is 2.88. The molecule has 0 bridgehead atoms. The lowest BCUT2D eigenvalue weighted by Gasteiger charge is -2.09. The molecule has 0 saturated carbocycles. The summed E-state index contributed by atoms with van der Waals surface area (Å²) >= 11 is 1.16. The van der Waals surface area contributed by atoms with Gasteiger partial charge in [-0.2, -0.15) is 5.10 Å². The van der Waals surface area contributed by atoms with Crippen molar-refractivity contribution in [1.82, 2.24) is 14.9 Å². The van der Waals surface area contributed by atoms with Crippen LogP contribution < -0.4 is 21.3 Å². The van der Waals surface area contributed by atoms with Crippen molar-refractivity contribution in [3.05, 3.63) is 60.2 Å². The summed E-state index contributed by atoms with van der Waals surface area (Å²) in [7, 11) is 1.55. The number of para-hydroxylation sites is 2. The number of hydrazone groups is 1. The van der Waals surface area contributed by atoms with E-state index in [1.165, 1.54) is 4.68 Å². The van der Waals surface area contributed by atoms with Crippen molar-refractivity contribution >= 4 is 35.5 Å². The SMILES string of the molecule is COc1ccccc1NC(=O)CSc1nnc(N/N=C/c2ccccc2)n1N. The Bertz CT molecular complexity index is 960. The monoisotopic (exact) mass is 397 g/mol. The first-order chi connectivity index (χ1) is 13.7. The zero-order chi connectivity index (χ0) is 19.8. The van der Waals surface area contributed by atoms with Crippen molar-refractivity contribution in [2.24, 2.45) is 5.10 Å². The average molecular weight is 397 g/mol. The van der Waals surface area contributed by atoms with Crippen LogP contribution in [0.4, 0.5) is 11.6 Å². The Kier molecular flexibility index (Phi) is 6.47. The van der Waals surface area contributed by atoms with Gasteiger partial charge in [0.2, 0.25) is 11.1 Å². The smallest absolute Gasteiger partial charge is 0.264 e. The number of anilines is 2. The summed E-state index contributed by atoms with van der Waals surface area (Å²) in [5, 5.41) is 15.1. The summed E-state index contributed by atoms with van der Waals surface area (Å²) in [4.78, 5) is 12.2. The number of benzene rings is 2. The van der Waals surface area contributed by atoms with Crippen molar-refractivity contribution in [3.63, 3.8) is 0 Å². The van der Waals surface area contributed by atoms with Gasteiger partial charge < -0.3 is 15.9 Å². The van der Waals surface area contributed by atoms with E-state index in [1.54, 1.807) is 25.5 Å². The third-order valence-corrected chi connectivity index (χ3v) is 4.50. The maximum absolute atomic E-state index is 12.2. The molecule has 0 atom stereocenters. The number of hydrogen-bond donors (Lipinski definition) is 3. The summed E-state index contributed by atoms with van der Waals surface area (Å²) in [6.07, 6.45) is 1.64. The van der Waals surface area contributed by atoms with E-state index >= 15 is 0 Å². The number of nitrogens with zero attached hydrogens (tertiary/aromatic N) is 4. The van der Waals surface area contributed by atoms with E-state index in [9.17, 15) is 4.79 Å². The second-order valence-electron chi connectivity index (χ2n) is 5.49. The standard InChI is InChI=1S/C18H19N7O2S/c1-27-15-10-6-5-9-14(15)21-16(26)12-28-18-24-23-17(25(18)19)22-20-11-13-7-3-2-4-8-13/h2-11H,12,19H2,1H3,(H,21,26)(H,22,23)/b20-11+. The van der Waals surface area contributed by atoms with Gasteiger partial charge in [-0.3, -0.25) is 4.79 Å². The highest BCUT2D eigenvalue weighted by atomic mass is 32.2. The number of rotatable bonds is 8. The van der Waals surface area contributed by atoms with E-state index in [4.69, 9.17) is 10.6 Å². The van der Waals surface area contributed by atoms with Crippen molar-refractivity contribution in [2.75, 3.05) is 29.4 Å². The predicted molar refractivity (Wildman–Crippen MR) is 110 cm³/mol. The average Bonchev–Trinajstić information content (AvgIpc) is 3.07. The summed E-state index contributed by atoms with van der Waals surface area (Å²) in [6, 6.07) is 16.8. The van der Waals surface area contributed by atoms with Crippen LogP contribution in [0, 0.1) is 0 Å². The van der Waals surface area contributed by atoms with Crippen LogP contribution in [0.15, 0.2) is 64.9 Å². The van der Waals surface area contributed by atoms with E-state index in [-0.39, 0.29) is 17.6 Å². The third kappa shape index (κ3) is 5.01. The molecule has 0 aliphatic rings. The molecule has 1 heterocycles. The molecule has 0 saturated heterocycles. The number of nitrogens with one attached hydrogen (secondary N) is 2. The number of carbonyl (C=O) groups excluding carboxylic acids is 1. The van der Waals surface area contributed by atoms with Crippen LogP contribution in [0.1, 0.15) is 5.56 Å². The molecule has 2 aromatic carbocycles. The number of methoxy groups -OCH3 is 1. The molecular formula is C18H19N7O2S. The normalized spacial score (nSPS) is 10.8. The Morgan fingerprint density at radius 3 is 2.75 bits per heavy atom. The topological polar surface area (TPSA) is 119 Å². The van der Waals surface area contributed by atoms with Gasteiger partial charge in [0.25, 0.3) is 5.95 Å². The van der Waals surface area contributed by atoms with Gasteiger partial charge in [-0.25, -0.2) is 10.1 Å². The Morgan fingerprint density at radius 1 is 1.21 bits per heavy atom. The molecule has 144 valence electrons. The second-order valence-corrected chi connectivity index (χ2v) is 6.44. The number of nitrogens with two attached hydrogens (primary N) is 1. The van der Waals surface area contributed by atoms with Crippen LogP contribution in [0.2, 0.25) is 0 Å². The van der Waals surface area contributed by atoms with Crippen LogP contribution in [0.3, 0.4) is 0 Å². The fourth-order valence-electron chi connectivity index (χ4n) is 2.22. The Labute approximate surface area is 166 Å². The number of amides is 1. The number of hydrogen-bond acceptors (Lipinski definition) is 8. The minimum absolute atomic E-state index is 0.112. The maximum atomic E-state index is 12.2. The Balaban J connectivity index is 1.54. The first kappa shape index (κ1) is 19.2. The van der Waals surface area contributed by atoms with Gasteiger partial charge >= 0.3 is 0 Å². The van der Waals surface area contributed by atoms with E-state index in [1.807, 2.05) is 42.5 Å². The lowest BCUT2D eigenvalue weighted by molar-refractivity contribution is -0.113. The minimum Gasteiger partial charge on any atom is -0.495 e. The first-order valence-electron chi connectivity index (χ1n) is 8.27. The molecule has 28 heavy (non-hydrogen) atoms. The van der Waals surface area contributed by atoms with Crippen molar-refractivity contribution in [1.29, 1.82) is 0 Å². The molecule has 10 heteroatoms. The fraction of sp³-hybridized carbons (Fsp3) is 0.111. The predicted octanol–water partition coefficient (Wildman–Crippen LogP) is 2.18. The van der Waals surface area contributed by atoms with Crippen LogP contribution in [-0.4, -0.2) is 39.9 Å². The zero-order valence-corrected chi connectivity index (χ0v) is 15.9. The van der Waals surface area contributed by atoms with E-state index in [0.717, 1.165) is 17.3 Å². The number of thioether (sulfide) groups is 1. The summed E-state index contributed by atoms with van der Waals surface area (Å²) in [5.41, 5.74) is 4.26. The van der Waals surface area contributed by atoms with E-state index < -0.39 is 0 Å². The molecule has 0 aliphatic carbocycles. The van der Waals surface area contributed by atoms with Gasteiger partial charge in [-0.15, -0.1) is 10.2 Å². The van der Waals surface area contributed by atoms with Crippen LogP contribution >= 0.6 is 11.8 Å². The van der Waals surface area contributed by atoms with E-state index in [0.29, 0.717) is 16.6 Å². The molecule has 0 spiro atoms. The van der Waals surface area contributed by atoms with E-state index in [2.05, 4.69) is 26.0 Å². The Hall–Kier alpha value is -3.53. The molecule has 0 unspecified atom stereocenters. The van der Waals surface area contributed by atoms with Gasteiger partial charge in [-0.05, 0) is 17.7 Å². The molecule has 1 amide bonds. The number of nitrogen functional groups attached to an aromatic ring is 1. The van der Waals surface area contributed by atoms with Crippen LogP contribution in [0.25, 0.3) is 0 Å². The number of ether oxygens (including phenoxy) is 1. The molecule has 0 fully saturated rings. The molecular weight excluding hydrogens is 378 g/mol. The van der Waals surface area contributed by atoms with Crippen molar-refractivity contribution in [3.8, 4) is 5.75 Å². The minimum atomic E-state index is -0.214. The summed E-state index contributed by atoms with van der Waals surface area (Å²) < 4.78 is 6.45. The highest BCUT2D eigenvalue weighted by molar-refractivity contribution is 7.99. The molecule has 3 aromatic rings. The van der Waals surface area contributed by atoms with Crippen LogP contribution in [-0.2, 0) is 4.79 Å². The molecule has 4 N–H and O–H groups in total. The zero-order valence-electron chi connectivity index (χ0n) is 15.1. The van der Waals surface area contributed by atoms with Gasteiger partial charge in [0.05, 0.1) is 24.8 Å². The van der Waals surface area contributed by atoms with Gasteiger partial charge in [0.15, 0.2) is 0 Å². The molecule has 9 nitrogen and oxygen atoms in total. The van der Waals surface area contributed by atoms with Gasteiger partial charge in [0, 0.05) is 0 Å². The molecule has 1 aromatic heterocycles. The second kappa shape index (κ2) is 9.42. The van der Waals surface area contributed by atoms with Crippen molar-refractivity contribution < 1.29 is 9.53 Å². The number of carbonyl (C=O) groups is 1.